The smallest absolute Gasteiger partial charge is 0.243 e. The summed E-state index contributed by atoms with van der Waals surface area (Å²) in [6.45, 7) is 1.34. The lowest BCUT2D eigenvalue weighted by molar-refractivity contribution is -0.145. The van der Waals surface area contributed by atoms with Gasteiger partial charge in [0.2, 0.25) is 11.8 Å². The fourth-order valence-corrected chi connectivity index (χ4v) is 4.16. The van der Waals surface area contributed by atoms with Crippen LogP contribution in [0.5, 0.6) is 0 Å². The van der Waals surface area contributed by atoms with E-state index in [1.54, 1.807) is 7.05 Å². The van der Waals surface area contributed by atoms with Crippen LogP contribution in [0.3, 0.4) is 0 Å². The average molecular weight is 388 g/mol. The van der Waals surface area contributed by atoms with E-state index in [1.165, 1.54) is 4.90 Å². The van der Waals surface area contributed by atoms with E-state index in [9.17, 15) is 18.4 Å². The van der Waals surface area contributed by atoms with E-state index in [0.29, 0.717) is 12.5 Å². The number of fused-ring (bicyclic) bond motifs is 1. The van der Waals surface area contributed by atoms with Crippen LogP contribution in [0.25, 0.3) is 0 Å². The van der Waals surface area contributed by atoms with E-state index in [2.05, 4.69) is 10.6 Å². The Morgan fingerprint density at radius 2 is 1.96 bits per heavy atom. The molecule has 0 aromatic heterocycles. The van der Waals surface area contributed by atoms with Gasteiger partial charge in [0, 0.05) is 25.3 Å². The minimum atomic E-state index is -0.763. The highest BCUT2D eigenvalue weighted by molar-refractivity contribution is 5.95. The van der Waals surface area contributed by atoms with E-state index in [4.69, 9.17) is 0 Å². The van der Waals surface area contributed by atoms with Crippen molar-refractivity contribution in [3.05, 3.63) is 29.8 Å². The van der Waals surface area contributed by atoms with E-state index >= 15 is 0 Å². The maximum Gasteiger partial charge on any atom is 0.243 e. The number of amides is 2. The molecule has 0 radical (unpaired) electrons. The largest absolute Gasteiger partial charge is 0.336 e. The van der Waals surface area contributed by atoms with Crippen LogP contribution >= 0.6 is 12.4 Å². The number of halogens is 3. The molecule has 0 bridgehead atoms. The Morgan fingerprint density at radius 1 is 1.27 bits per heavy atom. The fraction of sp³-hybridized carbons (Fsp3) is 0.556. The monoisotopic (exact) mass is 387 g/mol. The highest BCUT2D eigenvalue weighted by atomic mass is 35.5. The molecule has 1 heterocycles. The van der Waals surface area contributed by atoms with Gasteiger partial charge in [0.1, 0.15) is 11.6 Å². The molecular formula is C18H24ClF2N3O2. The zero-order chi connectivity index (χ0) is 18.0. The third kappa shape index (κ3) is 4.15. The van der Waals surface area contributed by atoms with Gasteiger partial charge in [0.05, 0.1) is 12.0 Å². The van der Waals surface area contributed by atoms with E-state index < -0.39 is 23.0 Å². The van der Waals surface area contributed by atoms with Gasteiger partial charge in [-0.3, -0.25) is 9.59 Å². The second-order valence-corrected chi connectivity index (χ2v) is 7.10. The number of anilines is 1. The highest BCUT2D eigenvalue weighted by Gasteiger charge is 2.50. The summed E-state index contributed by atoms with van der Waals surface area (Å²) >= 11 is 0. The summed E-state index contributed by atoms with van der Waals surface area (Å²) in [5.41, 5.74) is -0.377. The average Bonchev–Trinajstić information content (AvgIpc) is 2.97. The lowest BCUT2D eigenvalue weighted by Gasteiger charge is -2.39. The maximum atomic E-state index is 13.2. The van der Waals surface area contributed by atoms with Crippen molar-refractivity contribution in [2.75, 3.05) is 32.0 Å². The third-order valence-electron chi connectivity index (χ3n) is 5.34. The minimum absolute atomic E-state index is 0. The molecule has 0 unspecified atom stereocenters. The van der Waals surface area contributed by atoms with E-state index in [1.807, 2.05) is 0 Å². The summed E-state index contributed by atoms with van der Waals surface area (Å²) in [7, 11) is 1.60. The van der Waals surface area contributed by atoms with Crippen LogP contribution in [0.1, 0.15) is 25.7 Å². The van der Waals surface area contributed by atoms with Gasteiger partial charge < -0.3 is 15.5 Å². The number of carbonyl (C=O) groups is 2. The lowest BCUT2D eigenvalue weighted by Crippen LogP contribution is -2.50. The number of benzene rings is 1. The Kier molecular flexibility index (Phi) is 6.58. The lowest BCUT2D eigenvalue weighted by atomic mass is 9.67. The van der Waals surface area contributed by atoms with Crippen molar-refractivity contribution in [1.82, 2.24) is 10.2 Å². The number of rotatable bonds is 4. The van der Waals surface area contributed by atoms with Crippen molar-refractivity contribution in [2.45, 2.75) is 25.7 Å². The van der Waals surface area contributed by atoms with Crippen LogP contribution in [0.4, 0.5) is 14.5 Å². The molecule has 1 aliphatic carbocycles. The van der Waals surface area contributed by atoms with Gasteiger partial charge in [-0.25, -0.2) is 8.78 Å². The quantitative estimate of drug-likeness (QED) is 0.834. The molecule has 0 spiro atoms. The van der Waals surface area contributed by atoms with Gasteiger partial charge in [-0.15, -0.1) is 12.4 Å². The molecule has 2 aliphatic rings. The Bertz CT molecular complexity index is 668. The number of hydrogen-bond donors (Lipinski definition) is 2. The minimum Gasteiger partial charge on any atom is -0.336 e. The first-order valence-electron chi connectivity index (χ1n) is 8.63. The van der Waals surface area contributed by atoms with Gasteiger partial charge in [-0.05, 0) is 37.4 Å². The molecule has 1 aromatic rings. The van der Waals surface area contributed by atoms with Crippen LogP contribution < -0.4 is 10.6 Å². The van der Waals surface area contributed by atoms with Crippen molar-refractivity contribution in [2.24, 2.45) is 11.3 Å². The zero-order valence-corrected chi connectivity index (χ0v) is 15.5. The first-order valence-corrected chi connectivity index (χ1v) is 8.63. The molecule has 3 rings (SSSR count). The van der Waals surface area contributed by atoms with E-state index in [0.717, 1.165) is 50.4 Å². The third-order valence-corrected chi connectivity index (χ3v) is 5.34. The van der Waals surface area contributed by atoms with Gasteiger partial charge in [0.25, 0.3) is 0 Å². The molecule has 1 saturated heterocycles. The van der Waals surface area contributed by atoms with Crippen LogP contribution in [-0.2, 0) is 9.59 Å². The van der Waals surface area contributed by atoms with Crippen LogP contribution in [-0.4, -0.2) is 43.4 Å². The molecule has 2 amide bonds. The summed E-state index contributed by atoms with van der Waals surface area (Å²) < 4.78 is 26.4. The Labute approximate surface area is 157 Å². The van der Waals surface area contributed by atoms with Gasteiger partial charge in [-0.1, -0.05) is 12.8 Å². The topological polar surface area (TPSA) is 61.4 Å². The molecule has 1 aromatic carbocycles. The first kappa shape index (κ1) is 20.6. The molecule has 26 heavy (non-hydrogen) atoms. The second-order valence-electron chi connectivity index (χ2n) is 7.10. The molecule has 8 heteroatoms. The predicted molar refractivity (Wildman–Crippen MR) is 97.1 cm³/mol. The molecule has 5 nitrogen and oxygen atoms in total. The SMILES string of the molecule is CN(CC(=O)Nc1cc(F)cc(F)c1)C(=O)[C@@]12CCCC[C@H]1CNC2.Cl. The second kappa shape index (κ2) is 8.31. The molecule has 2 N–H and O–H groups in total. The molecule has 144 valence electrons. The fourth-order valence-electron chi connectivity index (χ4n) is 4.16. The van der Waals surface area contributed by atoms with Crippen molar-refractivity contribution in [1.29, 1.82) is 0 Å². The molecule has 1 aliphatic heterocycles. The summed E-state index contributed by atoms with van der Waals surface area (Å²) in [4.78, 5) is 26.6. The number of likely N-dealkylation sites (N-methyl/N-ethyl adjacent to an activating group) is 1. The Morgan fingerprint density at radius 3 is 2.65 bits per heavy atom. The Hall–Kier alpha value is -1.73. The van der Waals surface area contributed by atoms with Crippen molar-refractivity contribution in [3.8, 4) is 0 Å². The van der Waals surface area contributed by atoms with Crippen molar-refractivity contribution in [3.63, 3.8) is 0 Å². The number of nitrogens with zero attached hydrogens (tertiary/aromatic N) is 1. The summed E-state index contributed by atoms with van der Waals surface area (Å²) in [5.74, 6) is -1.71. The van der Waals surface area contributed by atoms with Gasteiger partial charge >= 0.3 is 0 Å². The highest BCUT2D eigenvalue weighted by Crippen LogP contribution is 2.44. The molecule has 1 saturated carbocycles. The zero-order valence-electron chi connectivity index (χ0n) is 14.7. The van der Waals surface area contributed by atoms with Crippen LogP contribution in [0.15, 0.2) is 18.2 Å². The first-order chi connectivity index (χ1) is 11.9. The number of nitrogens with one attached hydrogen (secondary N) is 2. The molecule has 2 fully saturated rings. The van der Waals surface area contributed by atoms with Crippen molar-refractivity contribution >= 4 is 29.9 Å². The molecule has 2 atom stereocenters. The summed E-state index contributed by atoms with van der Waals surface area (Å²) in [6.07, 6.45) is 4.02. The van der Waals surface area contributed by atoms with Crippen molar-refractivity contribution < 1.29 is 18.4 Å². The van der Waals surface area contributed by atoms with Crippen LogP contribution in [0, 0.1) is 23.0 Å². The predicted octanol–water partition coefficient (Wildman–Crippen LogP) is 2.56. The summed E-state index contributed by atoms with van der Waals surface area (Å²) in [5, 5.41) is 5.76. The van der Waals surface area contributed by atoms with E-state index in [-0.39, 0.29) is 30.5 Å². The Balaban J connectivity index is 0.00000243. The van der Waals surface area contributed by atoms with Gasteiger partial charge in [0.15, 0.2) is 0 Å². The van der Waals surface area contributed by atoms with Crippen LogP contribution in [0.2, 0.25) is 0 Å². The normalized spacial score (nSPS) is 24.3. The number of carbonyl (C=O) groups excluding carboxylic acids is 2. The standard InChI is InChI=1S/C18H23F2N3O2.ClH/c1-23(10-16(24)22-15-7-13(19)6-14(20)8-15)17(25)18-5-3-2-4-12(18)9-21-11-18;/h6-8,12,21H,2-5,9-11H2,1H3,(H,22,24);1H/t12-,18+;/m0./s1. The maximum absolute atomic E-state index is 13.2. The number of hydrogen-bond acceptors (Lipinski definition) is 3. The van der Waals surface area contributed by atoms with Gasteiger partial charge in [-0.2, -0.15) is 0 Å². The molecular weight excluding hydrogens is 364 g/mol. The summed E-state index contributed by atoms with van der Waals surface area (Å²) in [6, 6.07) is 2.82.